The van der Waals surface area contributed by atoms with Gasteiger partial charge >= 0.3 is 7.60 Å². The largest absolute Gasteiger partial charge is 0.392 e. The molecule has 0 atom stereocenters. The predicted molar refractivity (Wildman–Crippen MR) is 58.8 cm³/mol. The van der Waals surface area contributed by atoms with Gasteiger partial charge < -0.3 is 15.3 Å². The Morgan fingerprint density at radius 2 is 1.81 bits per heavy atom. The van der Waals surface area contributed by atoms with Crippen molar-refractivity contribution in [2.45, 2.75) is 12.8 Å². The highest BCUT2D eigenvalue weighted by Gasteiger charge is 2.47. The van der Waals surface area contributed by atoms with Gasteiger partial charge in [-0.15, -0.1) is 13.2 Å². The molecule has 88 valence electrons. The van der Waals surface area contributed by atoms with Gasteiger partial charge in [0.2, 0.25) is 0 Å². The summed E-state index contributed by atoms with van der Waals surface area (Å²) in [7, 11) is -4.90. The van der Waals surface area contributed by atoms with Crippen LogP contribution in [-0.4, -0.2) is 26.3 Å². The number of carbonyl (C=O) groups is 1. The lowest BCUT2D eigenvalue weighted by atomic mass is 9.84. The van der Waals surface area contributed by atoms with Gasteiger partial charge in [0.15, 0.2) is 0 Å². The first kappa shape index (κ1) is 14.7. The molecule has 0 aromatic heterocycles. The molecule has 0 aliphatic rings. The fourth-order valence-electron chi connectivity index (χ4n) is 1.33. The zero-order chi connectivity index (χ0) is 12.8. The van der Waals surface area contributed by atoms with E-state index < -0.39 is 18.5 Å². The van der Waals surface area contributed by atoms with Crippen LogP contribution in [0, 0.1) is 5.41 Å². The van der Waals surface area contributed by atoms with Crippen molar-refractivity contribution in [2.24, 2.45) is 5.41 Å². The Morgan fingerprint density at radius 3 is 2.06 bits per heavy atom. The zero-order valence-electron chi connectivity index (χ0n) is 8.61. The van der Waals surface area contributed by atoms with Crippen LogP contribution in [-0.2, 0) is 9.36 Å². The van der Waals surface area contributed by atoms with E-state index in [1.54, 1.807) is 0 Å². The lowest BCUT2D eigenvalue weighted by molar-refractivity contribution is -0.120. The quantitative estimate of drug-likeness (QED) is 0.230. The molecule has 0 aliphatic heterocycles. The fourth-order valence-corrected chi connectivity index (χ4v) is 2.15. The highest BCUT2D eigenvalue weighted by atomic mass is 31.2. The van der Waals surface area contributed by atoms with E-state index in [0.29, 0.717) is 0 Å². The topological polar surface area (TPSA) is 111 Å². The van der Waals surface area contributed by atoms with E-state index in [1.165, 1.54) is 12.2 Å². The maximum absolute atomic E-state index is 11.6. The average molecular weight is 244 g/mol. The predicted octanol–water partition coefficient (Wildman–Crippen LogP) is 1.13. The molecule has 0 heterocycles. The fraction of sp³-hybridized carbons (Fsp3) is 0.333. The molecule has 0 rings (SSSR count). The number of carbonyl (C=O) groups excluding carboxylic acids is 1. The van der Waals surface area contributed by atoms with Crippen LogP contribution in [0.1, 0.15) is 12.8 Å². The van der Waals surface area contributed by atoms with E-state index in [4.69, 9.17) is 15.3 Å². The van der Waals surface area contributed by atoms with Gasteiger partial charge in [-0.2, -0.15) is 4.79 Å². The lowest BCUT2D eigenvalue weighted by Crippen LogP contribution is -2.32. The summed E-state index contributed by atoms with van der Waals surface area (Å²) in [6.07, 6.45) is 3.34. The summed E-state index contributed by atoms with van der Waals surface area (Å²) in [6, 6.07) is 0. The van der Waals surface area contributed by atoms with Crippen LogP contribution < -0.4 is 0 Å². The van der Waals surface area contributed by atoms with Crippen molar-refractivity contribution in [3.05, 3.63) is 30.8 Å². The monoisotopic (exact) mass is 244 g/mol. The van der Waals surface area contributed by atoms with Gasteiger partial charge in [0, 0.05) is 0 Å². The first-order chi connectivity index (χ1) is 7.34. The maximum atomic E-state index is 11.6. The summed E-state index contributed by atoms with van der Waals surface area (Å²) in [4.78, 5) is 32.0. The third-order valence-corrected chi connectivity index (χ3v) is 2.99. The van der Waals surface area contributed by atoms with Gasteiger partial charge in [0.25, 0.3) is 11.7 Å². The molecular formula is C9H13N2O4P. The van der Waals surface area contributed by atoms with Crippen LogP contribution in [0.15, 0.2) is 25.3 Å². The summed E-state index contributed by atoms with van der Waals surface area (Å²) in [6.45, 7) is 6.78. The molecule has 0 amide bonds. The van der Waals surface area contributed by atoms with Gasteiger partial charge in [-0.1, -0.05) is 12.2 Å². The summed E-state index contributed by atoms with van der Waals surface area (Å²) in [5.41, 5.74) is 5.57. The Labute approximate surface area is 93.1 Å². The minimum atomic E-state index is -4.90. The second-order valence-corrected chi connectivity index (χ2v) is 4.73. The molecule has 0 saturated heterocycles. The molecular weight excluding hydrogens is 231 g/mol. The standard InChI is InChI=1S/C9H13N2O4P/c1-3-5-9(6-4-2,7-11-10)8(12)16(13,14)15/h3-4,7H,1-2,5-6H2,(H2,13,14,15). The summed E-state index contributed by atoms with van der Waals surface area (Å²) in [5, 5.41) is 0. The Balaban J connectivity index is 5.58. The molecule has 2 N–H and O–H groups in total. The molecule has 0 aromatic rings. The third kappa shape index (κ3) is 3.36. The Bertz CT molecular complexity index is 382. The average Bonchev–Trinajstić information content (AvgIpc) is 2.16. The third-order valence-electron chi connectivity index (χ3n) is 2.01. The second-order valence-electron chi connectivity index (χ2n) is 3.24. The first-order valence-corrected chi connectivity index (χ1v) is 5.96. The van der Waals surface area contributed by atoms with E-state index in [9.17, 15) is 9.36 Å². The molecule has 16 heavy (non-hydrogen) atoms. The van der Waals surface area contributed by atoms with E-state index in [-0.39, 0.29) is 12.8 Å². The lowest BCUT2D eigenvalue weighted by Gasteiger charge is -2.21. The van der Waals surface area contributed by atoms with Crippen molar-refractivity contribution in [1.82, 2.24) is 0 Å². The van der Waals surface area contributed by atoms with Crippen LogP contribution in [0.4, 0.5) is 0 Å². The summed E-state index contributed by atoms with van der Waals surface area (Å²) >= 11 is 0. The maximum Gasteiger partial charge on any atom is 0.392 e. The molecule has 0 saturated carbocycles. The van der Waals surface area contributed by atoms with Crippen molar-refractivity contribution in [3.8, 4) is 0 Å². The number of hydrogen-bond donors (Lipinski definition) is 2. The molecule has 0 unspecified atom stereocenters. The molecule has 0 aromatic carbocycles. The van der Waals surface area contributed by atoms with Gasteiger partial charge in [0.1, 0.15) is 5.41 Å². The zero-order valence-corrected chi connectivity index (χ0v) is 9.51. The van der Waals surface area contributed by atoms with Crippen molar-refractivity contribution < 1.29 is 23.9 Å². The number of allylic oxidation sites excluding steroid dienone is 2. The van der Waals surface area contributed by atoms with Crippen LogP contribution in [0.3, 0.4) is 0 Å². The van der Waals surface area contributed by atoms with Crippen LogP contribution >= 0.6 is 7.60 Å². The molecule has 0 aliphatic carbocycles. The minimum Gasteiger partial charge on any atom is -0.362 e. The van der Waals surface area contributed by atoms with Crippen molar-refractivity contribution in [2.75, 3.05) is 0 Å². The highest BCUT2D eigenvalue weighted by molar-refractivity contribution is 7.70. The smallest absolute Gasteiger partial charge is 0.362 e. The number of rotatable bonds is 7. The SMILES string of the molecule is C=CCC(C=[N+]=[N-])(CC=C)C(=O)P(=O)(O)O. The van der Waals surface area contributed by atoms with Gasteiger partial charge in [-0.05, 0) is 12.8 Å². The number of nitrogens with zero attached hydrogens (tertiary/aromatic N) is 2. The summed E-state index contributed by atoms with van der Waals surface area (Å²) < 4.78 is 10.9. The van der Waals surface area contributed by atoms with Crippen molar-refractivity contribution in [1.29, 1.82) is 0 Å². The van der Waals surface area contributed by atoms with Gasteiger partial charge in [-0.25, -0.2) is 0 Å². The molecule has 0 bridgehead atoms. The summed E-state index contributed by atoms with van der Waals surface area (Å²) in [5.74, 6) is 0. The Hall–Kier alpha value is -1.32. The number of hydrogen-bond acceptors (Lipinski definition) is 2. The molecule has 0 spiro atoms. The van der Waals surface area contributed by atoms with E-state index in [2.05, 4.69) is 17.9 Å². The van der Waals surface area contributed by atoms with Crippen LogP contribution in [0.5, 0.6) is 0 Å². The molecule has 0 radical (unpaired) electrons. The molecule has 0 fully saturated rings. The Kier molecular flexibility index (Phi) is 5.21. The van der Waals surface area contributed by atoms with Gasteiger partial charge in [-0.3, -0.25) is 9.36 Å². The minimum absolute atomic E-state index is 0.0486. The van der Waals surface area contributed by atoms with Crippen molar-refractivity contribution in [3.63, 3.8) is 0 Å². The van der Waals surface area contributed by atoms with Crippen LogP contribution in [0.2, 0.25) is 0 Å². The highest BCUT2D eigenvalue weighted by Crippen LogP contribution is 2.46. The van der Waals surface area contributed by atoms with E-state index in [0.717, 1.165) is 6.21 Å². The first-order valence-electron chi connectivity index (χ1n) is 4.35. The Morgan fingerprint density at radius 1 is 1.38 bits per heavy atom. The van der Waals surface area contributed by atoms with Crippen LogP contribution in [0.25, 0.3) is 5.53 Å². The van der Waals surface area contributed by atoms with E-state index >= 15 is 0 Å². The van der Waals surface area contributed by atoms with E-state index in [1.807, 2.05) is 0 Å². The van der Waals surface area contributed by atoms with Gasteiger partial charge in [0.05, 0.1) is 0 Å². The molecule has 7 heteroatoms. The van der Waals surface area contributed by atoms with Crippen molar-refractivity contribution >= 4 is 19.3 Å². The molecule has 6 nitrogen and oxygen atoms in total. The normalized spacial score (nSPS) is 11.4. The second kappa shape index (κ2) is 5.68.